The predicted molar refractivity (Wildman–Crippen MR) is 57.3 cm³/mol. The summed E-state index contributed by atoms with van der Waals surface area (Å²) in [7, 11) is 0. The summed E-state index contributed by atoms with van der Waals surface area (Å²) >= 11 is 1.55. The van der Waals surface area contributed by atoms with Crippen LogP contribution in [0.15, 0.2) is 0 Å². The summed E-state index contributed by atoms with van der Waals surface area (Å²) < 4.78 is 38.0. The fourth-order valence-electron chi connectivity index (χ4n) is 0.958. The number of aryl methyl sites for hydroxylation is 1. The van der Waals surface area contributed by atoms with Crippen LogP contribution >= 0.6 is 35.0 Å². The summed E-state index contributed by atoms with van der Waals surface area (Å²) in [6.45, 7) is 1.74. The van der Waals surface area contributed by atoms with Gasteiger partial charge >= 0.3 is 6.18 Å². The van der Waals surface area contributed by atoms with Crippen molar-refractivity contribution in [3.63, 3.8) is 0 Å². The average molecular weight is 342 g/mol. The van der Waals surface area contributed by atoms with E-state index in [9.17, 15) is 13.2 Å². The summed E-state index contributed by atoms with van der Waals surface area (Å²) in [6, 6.07) is 0. The van der Waals surface area contributed by atoms with E-state index in [4.69, 9.17) is 5.73 Å². The van der Waals surface area contributed by atoms with Gasteiger partial charge in [0.1, 0.15) is 0 Å². The lowest BCUT2D eigenvalue weighted by molar-refractivity contribution is -0.144. The number of nitrogens with two attached hydrogens (primary N) is 1. The van der Waals surface area contributed by atoms with E-state index in [1.54, 1.807) is 29.5 Å². The molecule has 1 aromatic heterocycles. The predicted octanol–water partition coefficient (Wildman–Crippen LogP) is 2.53. The van der Waals surface area contributed by atoms with Crippen molar-refractivity contribution in [2.75, 3.05) is 5.73 Å². The van der Waals surface area contributed by atoms with Crippen molar-refractivity contribution in [2.45, 2.75) is 19.6 Å². The SMILES string of the molecule is CCn1nc(N)c(I)c1C(F)(F)F.Cl. The van der Waals surface area contributed by atoms with Gasteiger partial charge in [0.15, 0.2) is 11.5 Å². The van der Waals surface area contributed by atoms with Crippen molar-refractivity contribution in [3.05, 3.63) is 9.26 Å². The zero-order valence-electron chi connectivity index (χ0n) is 7.10. The number of aromatic nitrogens is 2. The molecule has 0 atom stereocenters. The van der Waals surface area contributed by atoms with E-state index in [2.05, 4.69) is 5.10 Å². The number of nitrogen functional groups attached to an aromatic ring is 1. The summed E-state index contributed by atoms with van der Waals surface area (Å²) in [4.78, 5) is 0. The third-order valence-electron chi connectivity index (χ3n) is 1.49. The molecule has 0 spiro atoms. The Balaban J connectivity index is 0.00000169. The fraction of sp³-hybridized carbons (Fsp3) is 0.500. The Morgan fingerprint density at radius 1 is 1.50 bits per heavy atom. The first-order chi connectivity index (χ1) is 5.88. The number of hydrogen-bond acceptors (Lipinski definition) is 2. The van der Waals surface area contributed by atoms with Gasteiger partial charge in [0.25, 0.3) is 0 Å². The Kier molecular flexibility index (Phi) is 4.50. The molecule has 0 aromatic carbocycles. The monoisotopic (exact) mass is 341 g/mol. The minimum atomic E-state index is -4.39. The van der Waals surface area contributed by atoms with Gasteiger partial charge in [-0.25, -0.2) is 0 Å². The molecule has 0 saturated heterocycles. The average Bonchev–Trinajstić information content (AvgIpc) is 2.26. The van der Waals surface area contributed by atoms with Gasteiger partial charge in [0.05, 0.1) is 3.57 Å². The summed E-state index contributed by atoms with van der Waals surface area (Å²) in [5.41, 5.74) is 4.50. The zero-order valence-corrected chi connectivity index (χ0v) is 10.1. The molecule has 0 fully saturated rings. The molecule has 0 unspecified atom stereocenters. The molecule has 3 nitrogen and oxygen atoms in total. The molecule has 1 heterocycles. The first-order valence-corrected chi connectivity index (χ1v) is 4.54. The normalized spacial score (nSPS) is 11.2. The number of rotatable bonds is 1. The highest BCUT2D eigenvalue weighted by Crippen LogP contribution is 2.34. The van der Waals surface area contributed by atoms with Gasteiger partial charge in [-0.15, -0.1) is 12.4 Å². The Labute approximate surface area is 98.4 Å². The van der Waals surface area contributed by atoms with E-state index in [1.165, 1.54) is 0 Å². The van der Waals surface area contributed by atoms with Crippen LogP contribution in [0.3, 0.4) is 0 Å². The van der Waals surface area contributed by atoms with Gasteiger partial charge in [-0.1, -0.05) is 0 Å². The van der Waals surface area contributed by atoms with Crippen LogP contribution in [0, 0.1) is 3.57 Å². The minimum Gasteiger partial charge on any atom is -0.381 e. The third-order valence-corrected chi connectivity index (χ3v) is 2.55. The second kappa shape index (κ2) is 4.56. The smallest absolute Gasteiger partial charge is 0.381 e. The highest BCUT2D eigenvalue weighted by atomic mass is 127. The highest BCUT2D eigenvalue weighted by molar-refractivity contribution is 14.1. The van der Waals surface area contributed by atoms with Gasteiger partial charge in [0, 0.05) is 6.54 Å². The molecule has 8 heteroatoms. The molecule has 2 N–H and O–H groups in total. The lowest BCUT2D eigenvalue weighted by atomic mass is 10.4. The molecule has 0 radical (unpaired) electrons. The third kappa shape index (κ3) is 2.44. The first kappa shape index (κ1) is 13.8. The van der Waals surface area contributed by atoms with Crippen molar-refractivity contribution in [1.29, 1.82) is 0 Å². The van der Waals surface area contributed by atoms with E-state index in [0.717, 1.165) is 4.68 Å². The number of halogens is 5. The van der Waals surface area contributed by atoms with Crippen molar-refractivity contribution in [3.8, 4) is 0 Å². The molecule has 14 heavy (non-hydrogen) atoms. The van der Waals surface area contributed by atoms with E-state index in [1.807, 2.05) is 0 Å². The van der Waals surface area contributed by atoms with Crippen LogP contribution in [0.1, 0.15) is 12.6 Å². The van der Waals surface area contributed by atoms with Gasteiger partial charge < -0.3 is 5.73 Å². The van der Waals surface area contributed by atoms with Crippen LogP contribution in [-0.4, -0.2) is 9.78 Å². The van der Waals surface area contributed by atoms with Crippen molar-refractivity contribution >= 4 is 40.8 Å². The molecule has 1 rings (SSSR count). The maximum absolute atomic E-state index is 12.4. The van der Waals surface area contributed by atoms with Gasteiger partial charge in [-0.05, 0) is 29.5 Å². The lowest BCUT2D eigenvalue weighted by Gasteiger charge is -2.08. The lowest BCUT2D eigenvalue weighted by Crippen LogP contribution is -2.15. The van der Waals surface area contributed by atoms with Crippen LogP contribution in [-0.2, 0) is 12.7 Å². The number of nitrogens with zero attached hydrogens (tertiary/aromatic N) is 2. The van der Waals surface area contributed by atoms with Crippen molar-refractivity contribution in [2.24, 2.45) is 0 Å². The molecule has 0 aliphatic heterocycles. The Morgan fingerprint density at radius 3 is 2.29 bits per heavy atom. The van der Waals surface area contributed by atoms with Crippen molar-refractivity contribution in [1.82, 2.24) is 9.78 Å². The number of anilines is 1. The Hall–Kier alpha value is -0.180. The van der Waals surface area contributed by atoms with E-state index < -0.39 is 11.9 Å². The number of alkyl halides is 3. The van der Waals surface area contributed by atoms with Crippen molar-refractivity contribution < 1.29 is 13.2 Å². The summed E-state index contributed by atoms with van der Waals surface area (Å²) in [5.74, 6) is -0.0743. The van der Waals surface area contributed by atoms with E-state index >= 15 is 0 Å². The number of hydrogen-bond donors (Lipinski definition) is 1. The minimum absolute atomic E-state index is 0. The molecule has 0 bridgehead atoms. The largest absolute Gasteiger partial charge is 0.434 e. The van der Waals surface area contributed by atoms with E-state index in [-0.39, 0.29) is 28.3 Å². The van der Waals surface area contributed by atoms with Crippen LogP contribution < -0.4 is 5.73 Å². The first-order valence-electron chi connectivity index (χ1n) is 3.47. The molecule has 0 saturated carbocycles. The Morgan fingerprint density at radius 2 is 2.00 bits per heavy atom. The van der Waals surface area contributed by atoms with Crippen LogP contribution in [0.5, 0.6) is 0 Å². The highest BCUT2D eigenvalue weighted by Gasteiger charge is 2.38. The van der Waals surface area contributed by atoms with Gasteiger partial charge in [-0.3, -0.25) is 4.68 Å². The summed E-state index contributed by atoms with van der Waals surface area (Å²) in [5, 5.41) is 3.56. The van der Waals surface area contributed by atoms with Gasteiger partial charge in [0.2, 0.25) is 0 Å². The topological polar surface area (TPSA) is 43.8 Å². The fourth-order valence-corrected chi connectivity index (χ4v) is 1.65. The van der Waals surface area contributed by atoms with Crippen LogP contribution in [0.4, 0.5) is 19.0 Å². The Bertz CT molecular complexity index is 323. The van der Waals surface area contributed by atoms with Gasteiger partial charge in [-0.2, -0.15) is 18.3 Å². The molecule has 1 aromatic rings. The molecule has 0 aliphatic carbocycles. The molecule has 0 aliphatic rings. The standard InChI is InChI=1S/C6H7F3IN3.ClH/c1-2-13-4(6(7,8)9)3(10)5(11)12-13;/h2H2,1H3,(H2,11,12);1H. The molecule has 0 amide bonds. The zero-order chi connectivity index (χ0) is 10.2. The quantitative estimate of drug-likeness (QED) is 0.798. The maximum Gasteiger partial charge on any atom is 0.434 e. The second-order valence-electron chi connectivity index (χ2n) is 2.36. The maximum atomic E-state index is 12.4. The molecule has 82 valence electrons. The van der Waals surface area contributed by atoms with Crippen LogP contribution in [0.2, 0.25) is 0 Å². The molecular formula is C6H8ClF3IN3. The second-order valence-corrected chi connectivity index (χ2v) is 3.44. The van der Waals surface area contributed by atoms with E-state index in [0.29, 0.717) is 0 Å². The summed E-state index contributed by atoms with van der Waals surface area (Å²) in [6.07, 6.45) is -4.39. The van der Waals surface area contributed by atoms with Crippen LogP contribution in [0.25, 0.3) is 0 Å². The molecular weight excluding hydrogens is 333 g/mol.